The number of hydrogen-bond donors (Lipinski definition) is 2. The lowest BCUT2D eigenvalue weighted by molar-refractivity contribution is -0.138. The monoisotopic (exact) mass is 239 g/mol. The average Bonchev–Trinajstić information content (AvgIpc) is 2.71. The van der Waals surface area contributed by atoms with E-state index >= 15 is 0 Å². The first-order valence-electron chi connectivity index (χ1n) is 5.66. The van der Waals surface area contributed by atoms with Gasteiger partial charge in [-0.15, -0.1) is 0 Å². The molecule has 6 nitrogen and oxygen atoms in total. The Morgan fingerprint density at radius 3 is 2.88 bits per heavy atom. The van der Waals surface area contributed by atoms with E-state index in [9.17, 15) is 9.59 Å². The molecule has 1 aromatic heterocycles. The van der Waals surface area contributed by atoms with Gasteiger partial charge in [0, 0.05) is 19.2 Å². The van der Waals surface area contributed by atoms with Crippen LogP contribution in [0.2, 0.25) is 0 Å². The summed E-state index contributed by atoms with van der Waals surface area (Å²) in [4.78, 5) is 21.6. The Hall–Kier alpha value is -1.85. The van der Waals surface area contributed by atoms with Gasteiger partial charge in [0.1, 0.15) is 0 Å². The second kappa shape index (κ2) is 6.67. The van der Waals surface area contributed by atoms with Crippen LogP contribution in [0.5, 0.6) is 0 Å². The average molecular weight is 239 g/mol. The molecule has 0 aliphatic rings. The number of nitrogens with zero attached hydrogens (tertiary/aromatic N) is 2. The lowest BCUT2D eigenvalue weighted by Crippen LogP contribution is -2.12. The lowest BCUT2D eigenvalue weighted by atomic mass is 10.3. The Labute approximate surface area is 99.6 Å². The minimum absolute atomic E-state index is 0.0184. The maximum atomic E-state index is 11.3. The highest BCUT2D eigenvalue weighted by Gasteiger charge is 2.06. The Morgan fingerprint density at radius 1 is 1.47 bits per heavy atom. The molecule has 1 heterocycles. The third-order valence-electron chi connectivity index (χ3n) is 2.22. The van der Waals surface area contributed by atoms with Gasteiger partial charge in [-0.2, -0.15) is 5.10 Å². The third-order valence-corrected chi connectivity index (χ3v) is 2.22. The van der Waals surface area contributed by atoms with E-state index in [2.05, 4.69) is 17.3 Å². The number of carbonyl (C=O) groups excluding carboxylic acids is 1. The highest BCUT2D eigenvalue weighted by atomic mass is 16.4. The summed E-state index contributed by atoms with van der Waals surface area (Å²) in [6.45, 7) is 2.92. The van der Waals surface area contributed by atoms with E-state index in [4.69, 9.17) is 5.11 Å². The number of rotatable bonds is 7. The van der Waals surface area contributed by atoms with Crippen LogP contribution >= 0.6 is 0 Å². The predicted octanol–water partition coefficient (Wildman–Crippen LogP) is 1.49. The zero-order valence-corrected chi connectivity index (χ0v) is 9.85. The molecule has 0 atom stereocenters. The number of nitrogens with one attached hydrogen (secondary N) is 1. The number of hydrogen-bond acceptors (Lipinski definition) is 3. The van der Waals surface area contributed by atoms with Gasteiger partial charge >= 0.3 is 5.97 Å². The Morgan fingerprint density at radius 2 is 2.24 bits per heavy atom. The molecule has 0 aliphatic heterocycles. The fourth-order valence-electron chi connectivity index (χ4n) is 1.31. The van der Waals surface area contributed by atoms with Crippen LogP contribution in [-0.4, -0.2) is 26.8 Å². The molecule has 0 fully saturated rings. The van der Waals surface area contributed by atoms with E-state index in [0.29, 0.717) is 5.69 Å². The molecule has 6 heteroatoms. The topological polar surface area (TPSA) is 84.2 Å². The van der Waals surface area contributed by atoms with Crippen LogP contribution in [0.25, 0.3) is 0 Å². The summed E-state index contributed by atoms with van der Waals surface area (Å²) in [7, 11) is 0. The maximum absolute atomic E-state index is 11.3. The molecule has 0 saturated heterocycles. The highest BCUT2D eigenvalue weighted by molar-refractivity contribution is 5.92. The van der Waals surface area contributed by atoms with Gasteiger partial charge in [0.15, 0.2) is 0 Å². The fraction of sp³-hybridized carbons (Fsp3) is 0.545. The van der Waals surface area contributed by atoms with Crippen LogP contribution in [0.15, 0.2) is 12.4 Å². The molecular weight excluding hydrogens is 222 g/mol. The van der Waals surface area contributed by atoms with Crippen molar-refractivity contribution in [3.8, 4) is 0 Å². The number of aliphatic carboxylic acids is 1. The van der Waals surface area contributed by atoms with Crippen molar-refractivity contribution in [3.05, 3.63) is 12.4 Å². The first kappa shape index (κ1) is 13.2. The van der Waals surface area contributed by atoms with E-state index in [0.717, 1.165) is 19.4 Å². The van der Waals surface area contributed by atoms with Crippen LogP contribution < -0.4 is 5.32 Å². The molecule has 0 aromatic carbocycles. The lowest BCUT2D eigenvalue weighted by Gasteiger charge is -2.00. The van der Waals surface area contributed by atoms with Crippen molar-refractivity contribution >= 4 is 17.6 Å². The van der Waals surface area contributed by atoms with Crippen molar-refractivity contribution in [3.63, 3.8) is 0 Å². The normalized spacial score (nSPS) is 10.2. The van der Waals surface area contributed by atoms with E-state index in [1.807, 2.05) is 0 Å². The summed E-state index contributed by atoms with van der Waals surface area (Å²) >= 11 is 0. The molecule has 2 N–H and O–H groups in total. The Bertz CT molecular complexity index is 387. The van der Waals surface area contributed by atoms with Gasteiger partial charge < -0.3 is 10.4 Å². The zero-order chi connectivity index (χ0) is 12.7. The van der Waals surface area contributed by atoms with E-state index in [1.165, 1.54) is 0 Å². The summed E-state index contributed by atoms with van der Waals surface area (Å²) in [5, 5.41) is 15.1. The van der Waals surface area contributed by atoms with Crippen LogP contribution in [-0.2, 0) is 16.1 Å². The summed E-state index contributed by atoms with van der Waals surface area (Å²) in [6.07, 6.45) is 5.25. The number of carboxylic acid groups (broad SMARTS) is 1. The van der Waals surface area contributed by atoms with Gasteiger partial charge in [0.2, 0.25) is 5.91 Å². The second-order valence-corrected chi connectivity index (χ2v) is 3.79. The van der Waals surface area contributed by atoms with E-state index in [-0.39, 0.29) is 18.7 Å². The minimum atomic E-state index is -0.973. The largest absolute Gasteiger partial charge is 0.481 e. The summed E-state index contributed by atoms with van der Waals surface area (Å²) < 4.78 is 1.76. The molecule has 0 saturated carbocycles. The molecule has 0 spiro atoms. The maximum Gasteiger partial charge on any atom is 0.303 e. The van der Waals surface area contributed by atoms with Gasteiger partial charge in [-0.25, -0.2) is 0 Å². The molecule has 1 rings (SSSR count). The summed E-state index contributed by atoms with van der Waals surface area (Å²) in [6, 6.07) is 0. The number of aryl methyl sites for hydroxylation is 1. The van der Waals surface area contributed by atoms with E-state index in [1.54, 1.807) is 17.1 Å². The summed E-state index contributed by atoms with van der Waals surface area (Å²) in [5.74, 6) is -1.28. The van der Waals surface area contributed by atoms with Crippen molar-refractivity contribution in [1.82, 2.24) is 9.78 Å². The van der Waals surface area contributed by atoms with Gasteiger partial charge in [-0.3, -0.25) is 14.3 Å². The van der Waals surface area contributed by atoms with Crippen molar-refractivity contribution in [2.75, 3.05) is 5.32 Å². The van der Waals surface area contributed by atoms with Crippen LogP contribution in [0.3, 0.4) is 0 Å². The summed E-state index contributed by atoms with van der Waals surface area (Å²) in [5.41, 5.74) is 0.608. The molecule has 0 aliphatic carbocycles. The molecule has 94 valence electrons. The van der Waals surface area contributed by atoms with Gasteiger partial charge in [-0.05, 0) is 6.42 Å². The molecule has 17 heavy (non-hydrogen) atoms. The predicted molar refractivity (Wildman–Crippen MR) is 62.6 cm³/mol. The first-order chi connectivity index (χ1) is 8.11. The smallest absolute Gasteiger partial charge is 0.303 e. The highest BCUT2D eigenvalue weighted by Crippen LogP contribution is 2.07. The fourth-order valence-corrected chi connectivity index (χ4v) is 1.31. The number of carbonyl (C=O) groups is 2. The Balaban J connectivity index is 2.37. The number of unbranched alkanes of at least 4 members (excludes halogenated alkanes) is 1. The second-order valence-electron chi connectivity index (χ2n) is 3.79. The van der Waals surface area contributed by atoms with Crippen LogP contribution in [0.1, 0.15) is 32.6 Å². The van der Waals surface area contributed by atoms with Crippen LogP contribution in [0.4, 0.5) is 5.69 Å². The molecule has 0 unspecified atom stereocenters. The molecule has 0 bridgehead atoms. The van der Waals surface area contributed by atoms with Crippen LogP contribution in [0, 0.1) is 0 Å². The molecular formula is C11H17N3O3. The van der Waals surface area contributed by atoms with Crippen molar-refractivity contribution < 1.29 is 14.7 Å². The number of aromatic nitrogens is 2. The number of amides is 1. The molecule has 1 aromatic rings. The number of anilines is 1. The van der Waals surface area contributed by atoms with Gasteiger partial charge in [0.05, 0.1) is 18.3 Å². The van der Waals surface area contributed by atoms with Gasteiger partial charge in [-0.1, -0.05) is 13.3 Å². The third kappa shape index (κ3) is 5.14. The van der Waals surface area contributed by atoms with Crippen molar-refractivity contribution in [2.24, 2.45) is 0 Å². The van der Waals surface area contributed by atoms with Crippen molar-refractivity contribution in [2.45, 2.75) is 39.2 Å². The first-order valence-corrected chi connectivity index (χ1v) is 5.66. The molecule has 1 amide bonds. The SMILES string of the molecule is CCCCn1cc(NC(=O)CCC(=O)O)cn1. The van der Waals surface area contributed by atoms with Crippen molar-refractivity contribution in [1.29, 1.82) is 0 Å². The van der Waals surface area contributed by atoms with E-state index < -0.39 is 5.97 Å². The number of carboxylic acids is 1. The minimum Gasteiger partial charge on any atom is -0.481 e. The quantitative estimate of drug-likeness (QED) is 0.755. The Kier molecular flexibility index (Phi) is 5.19. The van der Waals surface area contributed by atoms with Gasteiger partial charge in [0.25, 0.3) is 0 Å². The zero-order valence-electron chi connectivity index (χ0n) is 9.85. The standard InChI is InChI=1S/C11H17N3O3/c1-2-3-6-14-8-9(7-12-14)13-10(15)4-5-11(16)17/h7-8H,2-6H2,1H3,(H,13,15)(H,16,17). The molecule has 0 radical (unpaired) electrons.